The number of hydrogen-bond acceptors (Lipinski definition) is 0. The average Bonchev–Trinajstić information content (AvgIpc) is 2.27. The highest BCUT2D eigenvalue weighted by Gasteiger charge is 2.23. The Morgan fingerprint density at radius 1 is 1.12 bits per heavy atom. The Hall–Kier alpha value is 0.0900. The van der Waals surface area contributed by atoms with Crippen molar-refractivity contribution in [2.45, 2.75) is 37.5 Å². The van der Waals surface area contributed by atoms with Crippen LogP contribution in [0.3, 0.4) is 0 Å². The molecule has 16 heavy (non-hydrogen) atoms. The Morgan fingerprint density at radius 3 is 2.62 bits per heavy atom. The van der Waals surface area contributed by atoms with E-state index in [2.05, 4.69) is 0 Å². The second kappa shape index (κ2) is 5.62. The minimum atomic E-state index is 0.295. The third-order valence-corrected chi connectivity index (χ3v) is 4.48. The van der Waals surface area contributed by atoms with Crippen LogP contribution in [-0.4, -0.2) is 5.38 Å². The van der Waals surface area contributed by atoms with E-state index in [4.69, 9.17) is 34.8 Å². The van der Waals surface area contributed by atoms with Crippen molar-refractivity contribution in [3.63, 3.8) is 0 Å². The van der Waals surface area contributed by atoms with Gasteiger partial charge in [-0.15, -0.1) is 11.6 Å². The Labute approximate surface area is 112 Å². The zero-order chi connectivity index (χ0) is 11.5. The van der Waals surface area contributed by atoms with E-state index >= 15 is 0 Å². The molecule has 0 spiro atoms. The van der Waals surface area contributed by atoms with Crippen molar-refractivity contribution in [2.75, 3.05) is 0 Å². The molecule has 0 radical (unpaired) electrons. The molecule has 1 aromatic carbocycles. The fraction of sp³-hybridized carbons (Fsp3) is 0.538. The van der Waals surface area contributed by atoms with Crippen LogP contribution in [0.5, 0.6) is 0 Å². The maximum atomic E-state index is 6.35. The van der Waals surface area contributed by atoms with E-state index in [1.54, 1.807) is 0 Å². The molecule has 1 aliphatic rings. The van der Waals surface area contributed by atoms with E-state index < -0.39 is 0 Å². The van der Waals surface area contributed by atoms with Crippen LogP contribution in [0.4, 0.5) is 0 Å². The van der Waals surface area contributed by atoms with E-state index in [9.17, 15) is 0 Å². The van der Waals surface area contributed by atoms with Gasteiger partial charge in [-0.25, -0.2) is 0 Å². The average molecular weight is 278 g/mol. The minimum absolute atomic E-state index is 0.295. The molecule has 3 heteroatoms. The molecule has 2 rings (SSSR count). The first-order valence-electron chi connectivity index (χ1n) is 5.75. The largest absolute Gasteiger partial charge is 0.123 e. The summed E-state index contributed by atoms with van der Waals surface area (Å²) >= 11 is 18.5. The first-order valence-corrected chi connectivity index (χ1v) is 6.94. The molecule has 1 aliphatic carbocycles. The molecule has 0 aliphatic heterocycles. The summed E-state index contributed by atoms with van der Waals surface area (Å²) in [6.45, 7) is 0. The zero-order valence-electron chi connectivity index (χ0n) is 9.06. The van der Waals surface area contributed by atoms with Crippen LogP contribution in [0.1, 0.15) is 31.2 Å². The van der Waals surface area contributed by atoms with Gasteiger partial charge in [0, 0.05) is 15.4 Å². The van der Waals surface area contributed by atoms with Gasteiger partial charge in [-0.1, -0.05) is 36.0 Å². The third kappa shape index (κ3) is 3.06. The predicted octanol–water partition coefficient (Wildman–Crippen LogP) is 5.33. The quantitative estimate of drug-likeness (QED) is 0.641. The summed E-state index contributed by atoms with van der Waals surface area (Å²) in [6, 6.07) is 5.65. The van der Waals surface area contributed by atoms with Gasteiger partial charge in [0.25, 0.3) is 0 Å². The molecule has 0 bridgehead atoms. The maximum absolute atomic E-state index is 6.35. The first-order chi connectivity index (χ1) is 7.66. The molecule has 0 heterocycles. The highest BCUT2D eigenvalue weighted by Crippen LogP contribution is 2.33. The lowest BCUT2D eigenvalue weighted by molar-refractivity contribution is 0.364. The summed E-state index contributed by atoms with van der Waals surface area (Å²) in [5, 5.41) is 1.85. The lowest BCUT2D eigenvalue weighted by Crippen LogP contribution is -2.21. The number of alkyl halides is 1. The predicted molar refractivity (Wildman–Crippen MR) is 71.8 cm³/mol. The minimum Gasteiger partial charge on any atom is -0.123 e. The van der Waals surface area contributed by atoms with Crippen molar-refractivity contribution in [1.29, 1.82) is 0 Å². The fourth-order valence-corrected chi connectivity index (χ4v) is 3.13. The van der Waals surface area contributed by atoms with Crippen molar-refractivity contribution in [3.05, 3.63) is 33.8 Å². The highest BCUT2D eigenvalue weighted by atomic mass is 35.5. The lowest BCUT2D eigenvalue weighted by Gasteiger charge is -2.27. The van der Waals surface area contributed by atoms with Gasteiger partial charge in [0.05, 0.1) is 0 Å². The normalized spacial score (nSPS) is 25.7. The monoisotopic (exact) mass is 276 g/mol. The summed E-state index contributed by atoms with van der Waals surface area (Å²) in [7, 11) is 0. The van der Waals surface area contributed by atoms with E-state index in [1.165, 1.54) is 19.3 Å². The molecule has 0 N–H and O–H groups in total. The third-order valence-electron chi connectivity index (χ3n) is 3.31. The number of rotatable bonds is 2. The van der Waals surface area contributed by atoms with Crippen molar-refractivity contribution in [1.82, 2.24) is 0 Å². The molecule has 0 nitrogen and oxygen atoms in total. The van der Waals surface area contributed by atoms with E-state index in [1.807, 2.05) is 18.2 Å². The Balaban J connectivity index is 2.10. The molecule has 1 fully saturated rings. The van der Waals surface area contributed by atoms with Gasteiger partial charge >= 0.3 is 0 Å². The zero-order valence-corrected chi connectivity index (χ0v) is 11.3. The molecule has 0 aromatic heterocycles. The molecule has 1 aromatic rings. The fourth-order valence-electron chi connectivity index (χ4n) is 2.37. The lowest BCUT2D eigenvalue weighted by atomic mass is 9.84. The smallest absolute Gasteiger partial charge is 0.0439 e. The molecule has 2 unspecified atom stereocenters. The van der Waals surface area contributed by atoms with E-state index in [0.29, 0.717) is 11.3 Å². The summed E-state index contributed by atoms with van der Waals surface area (Å²) < 4.78 is 0. The van der Waals surface area contributed by atoms with Crippen LogP contribution < -0.4 is 0 Å². The Morgan fingerprint density at radius 2 is 1.88 bits per heavy atom. The van der Waals surface area contributed by atoms with Crippen molar-refractivity contribution < 1.29 is 0 Å². The maximum Gasteiger partial charge on any atom is 0.0439 e. The van der Waals surface area contributed by atoms with Crippen LogP contribution in [0, 0.1) is 5.92 Å². The summed E-state index contributed by atoms with van der Waals surface area (Å²) in [5.41, 5.74) is 1.13. The summed E-state index contributed by atoms with van der Waals surface area (Å²) in [5.74, 6) is 0.548. The van der Waals surface area contributed by atoms with Gasteiger partial charge in [-0.2, -0.15) is 0 Å². The van der Waals surface area contributed by atoms with Gasteiger partial charge in [-0.3, -0.25) is 0 Å². The van der Waals surface area contributed by atoms with Crippen molar-refractivity contribution in [3.8, 4) is 0 Å². The molecular weight excluding hydrogens is 263 g/mol. The highest BCUT2D eigenvalue weighted by molar-refractivity contribution is 6.33. The number of halogens is 3. The Bertz CT molecular complexity index is 362. The molecule has 88 valence electrons. The van der Waals surface area contributed by atoms with E-state index in [0.717, 1.165) is 28.5 Å². The second-order valence-electron chi connectivity index (χ2n) is 4.50. The summed E-state index contributed by atoms with van der Waals surface area (Å²) in [6.07, 6.45) is 5.83. The number of hydrogen-bond donors (Lipinski definition) is 0. The SMILES string of the molecule is Clc1ccc(Cl)c(CC2CCCCC2Cl)c1. The van der Waals surface area contributed by atoms with Gasteiger partial charge in [0.1, 0.15) is 0 Å². The number of benzene rings is 1. The Kier molecular flexibility index (Phi) is 4.41. The molecule has 1 saturated carbocycles. The first kappa shape index (κ1) is 12.5. The van der Waals surface area contributed by atoms with Crippen molar-refractivity contribution >= 4 is 34.8 Å². The topological polar surface area (TPSA) is 0 Å². The van der Waals surface area contributed by atoms with E-state index in [-0.39, 0.29) is 0 Å². The molecular formula is C13H15Cl3. The van der Waals surface area contributed by atoms with Gasteiger partial charge in [0.2, 0.25) is 0 Å². The molecule has 0 amide bonds. The van der Waals surface area contributed by atoms with Crippen LogP contribution in [0.25, 0.3) is 0 Å². The van der Waals surface area contributed by atoms with Crippen molar-refractivity contribution in [2.24, 2.45) is 5.92 Å². The van der Waals surface area contributed by atoms with Crippen LogP contribution in [0.2, 0.25) is 10.0 Å². The van der Waals surface area contributed by atoms with Crippen LogP contribution in [-0.2, 0) is 6.42 Å². The van der Waals surface area contributed by atoms with Crippen LogP contribution >= 0.6 is 34.8 Å². The van der Waals surface area contributed by atoms with Crippen LogP contribution in [0.15, 0.2) is 18.2 Å². The molecule has 0 saturated heterocycles. The van der Waals surface area contributed by atoms with Gasteiger partial charge in [-0.05, 0) is 48.9 Å². The van der Waals surface area contributed by atoms with Gasteiger partial charge < -0.3 is 0 Å². The second-order valence-corrected chi connectivity index (χ2v) is 5.90. The van der Waals surface area contributed by atoms with Gasteiger partial charge in [0.15, 0.2) is 0 Å². The standard InChI is InChI=1S/C13H15Cl3/c14-11-5-6-13(16)10(8-11)7-9-3-1-2-4-12(9)15/h5-6,8-9,12H,1-4,7H2. The summed E-state index contributed by atoms with van der Waals surface area (Å²) in [4.78, 5) is 0. The molecule has 2 atom stereocenters.